The largest absolute Gasteiger partial charge is 0.314 e. The zero-order valence-corrected chi connectivity index (χ0v) is 11.4. The average molecular weight is 250 g/mol. The molecule has 1 aromatic carbocycles. The maximum absolute atomic E-state index is 14.1. The maximum Gasteiger partial charge on any atom is 0.128 e. The summed E-state index contributed by atoms with van der Waals surface area (Å²) in [5.74, 6) is -0.0578. The van der Waals surface area contributed by atoms with Gasteiger partial charge in [-0.15, -0.1) is 0 Å². The number of benzene rings is 1. The predicted octanol–water partition coefficient (Wildman–Crippen LogP) is 2.88. The van der Waals surface area contributed by atoms with Crippen molar-refractivity contribution in [1.29, 1.82) is 0 Å². The van der Waals surface area contributed by atoms with Crippen molar-refractivity contribution < 1.29 is 4.39 Å². The summed E-state index contributed by atoms with van der Waals surface area (Å²) in [6.45, 7) is 8.24. The Balaban J connectivity index is 2.24. The minimum atomic E-state index is -0.0578. The molecule has 1 heterocycles. The molecule has 0 aromatic heterocycles. The average Bonchev–Trinajstić information content (AvgIpc) is 2.40. The van der Waals surface area contributed by atoms with Crippen molar-refractivity contribution in [2.75, 3.05) is 26.2 Å². The highest BCUT2D eigenvalue weighted by atomic mass is 19.1. The molecule has 3 heteroatoms. The number of nitrogens with zero attached hydrogens (tertiary/aromatic N) is 1. The molecule has 18 heavy (non-hydrogen) atoms. The van der Waals surface area contributed by atoms with E-state index in [4.69, 9.17) is 0 Å². The van der Waals surface area contributed by atoms with Crippen LogP contribution in [0.25, 0.3) is 0 Å². The van der Waals surface area contributed by atoms with Gasteiger partial charge in [-0.1, -0.05) is 31.0 Å². The number of halogens is 1. The van der Waals surface area contributed by atoms with Crippen molar-refractivity contribution in [1.82, 2.24) is 10.2 Å². The highest BCUT2D eigenvalue weighted by molar-refractivity contribution is 5.27. The Bertz CT molecular complexity index is 386. The fourth-order valence-corrected chi connectivity index (χ4v) is 2.72. The predicted molar refractivity (Wildman–Crippen MR) is 73.2 cm³/mol. The van der Waals surface area contributed by atoms with Gasteiger partial charge in [-0.25, -0.2) is 4.39 Å². The van der Waals surface area contributed by atoms with Crippen LogP contribution in [0.5, 0.6) is 0 Å². The van der Waals surface area contributed by atoms with Gasteiger partial charge in [0.1, 0.15) is 5.82 Å². The lowest BCUT2D eigenvalue weighted by Gasteiger charge is -2.35. The van der Waals surface area contributed by atoms with E-state index >= 15 is 0 Å². The van der Waals surface area contributed by atoms with Gasteiger partial charge in [-0.05, 0) is 19.4 Å². The third-order valence-electron chi connectivity index (χ3n) is 3.66. The molecule has 1 atom stereocenters. The lowest BCUT2D eigenvalue weighted by molar-refractivity contribution is 0.161. The third-order valence-corrected chi connectivity index (χ3v) is 3.66. The second kappa shape index (κ2) is 6.30. The molecule has 1 saturated heterocycles. The second-order valence-corrected chi connectivity index (χ2v) is 5.12. The Labute approximate surface area is 109 Å². The fourth-order valence-electron chi connectivity index (χ4n) is 2.72. The van der Waals surface area contributed by atoms with Crippen molar-refractivity contribution in [2.45, 2.75) is 32.7 Å². The maximum atomic E-state index is 14.1. The van der Waals surface area contributed by atoms with Crippen molar-refractivity contribution in [3.63, 3.8) is 0 Å². The molecule has 1 aliphatic rings. The number of hydrogen-bond donors (Lipinski definition) is 1. The number of hydrogen-bond acceptors (Lipinski definition) is 2. The van der Waals surface area contributed by atoms with Crippen LogP contribution in [0.4, 0.5) is 4.39 Å². The zero-order valence-electron chi connectivity index (χ0n) is 11.4. The Morgan fingerprint density at radius 3 is 2.72 bits per heavy atom. The Kier molecular flexibility index (Phi) is 4.72. The molecular weight excluding hydrogens is 227 g/mol. The quantitative estimate of drug-likeness (QED) is 0.884. The standard InChI is InChI=1S/C15H23FN2/c1-3-4-15(18-9-7-17-8-10-18)13-11-12(2)5-6-14(13)16/h5-6,11,15,17H,3-4,7-10H2,1-2H3/t15-/m0/s1. The van der Waals surface area contributed by atoms with Gasteiger partial charge < -0.3 is 5.32 Å². The van der Waals surface area contributed by atoms with Crippen molar-refractivity contribution in [3.05, 3.63) is 35.1 Å². The van der Waals surface area contributed by atoms with Crippen LogP contribution in [0.3, 0.4) is 0 Å². The fraction of sp³-hybridized carbons (Fsp3) is 0.600. The van der Waals surface area contributed by atoms with Crippen LogP contribution in [-0.2, 0) is 0 Å². The van der Waals surface area contributed by atoms with E-state index in [2.05, 4.69) is 17.1 Å². The number of piperazine rings is 1. The molecule has 1 fully saturated rings. The molecule has 0 spiro atoms. The lowest BCUT2D eigenvalue weighted by Crippen LogP contribution is -2.45. The minimum Gasteiger partial charge on any atom is -0.314 e. The van der Waals surface area contributed by atoms with Crippen LogP contribution >= 0.6 is 0 Å². The summed E-state index contributed by atoms with van der Waals surface area (Å²) in [6, 6.07) is 5.70. The van der Waals surface area contributed by atoms with Gasteiger partial charge in [0.05, 0.1) is 0 Å². The third kappa shape index (κ3) is 3.09. The van der Waals surface area contributed by atoms with Gasteiger partial charge in [0.25, 0.3) is 0 Å². The van der Waals surface area contributed by atoms with Gasteiger partial charge in [0.2, 0.25) is 0 Å². The minimum absolute atomic E-state index is 0.0578. The Morgan fingerprint density at radius 2 is 2.06 bits per heavy atom. The van der Waals surface area contributed by atoms with E-state index in [1.165, 1.54) is 0 Å². The summed E-state index contributed by atoms with van der Waals surface area (Å²) in [5, 5.41) is 3.35. The molecule has 0 aliphatic carbocycles. The molecule has 100 valence electrons. The SMILES string of the molecule is CCC[C@@H](c1cc(C)ccc1F)N1CCNCC1. The number of aryl methyl sites for hydroxylation is 1. The molecule has 0 bridgehead atoms. The summed E-state index contributed by atoms with van der Waals surface area (Å²) in [4.78, 5) is 2.41. The van der Waals surface area contributed by atoms with Crippen molar-refractivity contribution in [2.24, 2.45) is 0 Å². The topological polar surface area (TPSA) is 15.3 Å². The molecule has 2 rings (SSSR count). The molecule has 0 radical (unpaired) electrons. The van der Waals surface area contributed by atoms with Crippen LogP contribution < -0.4 is 5.32 Å². The molecule has 1 aliphatic heterocycles. The van der Waals surface area contributed by atoms with E-state index in [1.807, 2.05) is 19.1 Å². The van der Waals surface area contributed by atoms with Crippen molar-refractivity contribution >= 4 is 0 Å². The smallest absolute Gasteiger partial charge is 0.128 e. The van der Waals surface area contributed by atoms with E-state index in [1.54, 1.807) is 6.07 Å². The normalized spacial score (nSPS) is 18.8. The Hall–Kier alpha value is -0.930. The van der Waals surface area contributed by atoms with Gasteiger partial charge in [-0.2, -0.15) is 0 Å². The van der Waals surface area contributed by atoms with E-state index in [-0.39, 0.29) is 11.9 Å². The van der Waals surface area contributed by atoms with E-state index in [0.29, 0.717) is 0 Å². The molecule has 0 amide bonds. The van der Waals surface area contributed by atoms with Crippen LogP contribution in [0, 0.1) is 12.7 Å². The molecule has 1 aromatic rings. The summed E-state index contributed by atoms with van der Waals surface area (Å²) in [6.07, 6.45) is 2.11. The van der Waals surface area contributed by atoms with Crippen LogP contribution in [0.15, 0.2) is 18.2 Å². The molecule has 0 unspecified atom stereocenters. The molecule has 0 saturated carbocycles. The van der Waals surface area contributed by atoms with Crippen LogP contribution in [0.2, 0.25) is 0 Å². The van der Waals surface area contributed by atoms with E-state index in [0.717, 1.165) is 50.1 Å². The van der Waals surface area contributed by atoms with E-state index < -0.39 is 0 Å². The first-order chi connectivity index (χ1) is 8.72. The lowest BCUT2D eigenvalue weighted by atomic mass is 9.97. The first-order valence-corrected chi connectivity index (χ1v) is 6.93. The Morgan fingerprint density at radius 1 is 1.33 bits per heavy atom. The summed E-state index contributed by atoms with van der Waals surface area (Å²) in [5.41, 5.74) is 2.02. The van der Waals surface area contributed by atoms with Gasteiger partial charge in [-0.3, -0.25) is 4.90 Å². The van der Waals surface area contributed by atoms with Gasteiger partial charge >= 0.3 is 0 Å². The molecule has 2 nitrogen and oxygen atoms in total. The highest BCUT2D eigenvalue weighted by Crippen LogP contribution is 2.28. The van der Waals surface area contributed by atoms with Crippen LogP contribution in [0.1, 0.15) is 36.9 Å². The van der Waals surface area contributed by atoms with E-state index in [9.17, 15) is 4.39 Å². The van der Waals surface area contributed by atoms with Crippen molar-refractivity contribution in [3.8, 4) is 0 Å². The number of rotatable bonds is 4. The summed E-state index contributed by atoms with van der Waals surface area (Å²) < 4.78 is 14.1. The monoisotopic (exact) mass is 250 g/mol. The van der Waals surface area contributed by atoms with Gasteiger partial charge in [0.15, 0.2) is 0 Å². The number of nitrogens with one attached hydrogen (secondary N) is 1. The molecule has 1 N–H and O–H groups in total. The van der Waals surface area contributed by atoms with Gasteiger partial charge in [0, 0.05) is 37.8 Å². The highest BCUT2D eigenvalue weighted by Gasteiger charge is 2.23. The first kappa shape index (κ1) is 13.5. The second-order valence-electron chi connectivity index (χ2n) is 5.12. The molecular formula is C15H23FN2. The first-order valence-electron chi connectivity index (χ1n) is 6.93. The summed E-state index contributed by atoms with van der Waals surface area (Å²) in [7, 11) is 0. The summed E-state index contributed by atoms with van der Waals surface area (Å²) >= 11 is 0. The zero-order chi connectivity index (χ0) is 13.0. The van der Waals surface area contributed by atoms with Crippen LogP contribution in [-0.4, -0.2) is 31.1 Å².